The Morgan fingerprint density at radius 3 is 1.82 bits per heavy atom. The van der Waals surface area contributed by atoms with Gasteiger partial charge in [0.1, 0.15) is 0 Å². The lowest BCUT2D eigenvalue weighted by molar-refractivity contribution is 0.328. The molecular weight excluding hydrogens is 206 g/mol. The van der Waals surface area contributed by atoms with Crippen molar-refractivity contribution < 1.29 is 0 Å². The first-order valence-corrected chi connectivity index (χ1v) is 7.93. The molecule has 1 aliphatic carbocycles. The SMILES string of the molecule is CCCCCCCCCCC1CCCCC1.N. The summed E-state index contributed by atoms with van der Waals surface area (Å²) in [4.78, 5) is 0. The lowest BCUT2D eigenvalue weighted by atomic mass is 9.85. The van der Waals surface area contributed by atoms with Crippen LogP contribution in [0.4, 0.5) is 0 Å². The Morgan fingerprint density at radius 1 is 0.706 bits per heavy atom. The first-order valence-electron chi connectivity index (χ1n) is 7.93. The average molecular weight is 241 g/mol. The summed E-state index contributed by atoms with van der Waals surface area (Å²) in [6, 6.07) is 0. The molecule has 0 aliphatic heterocycles. The molecule has 0 spiro atoms. The fraction of sp³-hybridized carbons (Fsp3) is 1.00. The molecule has 1 saturated carbocycles. The van der Waals surface area contributed by atoms with Gasteiger partial charge in [-0.3, -0.25) is 0 Å². The molecule has 0 bridgehead atoms. The second-order valence-corrected chi connectivity index (χ2v) is 5.77. The van der Waals surface area contributed by atoms with Crippen molar-refractivity contribution in [1.29, 1.82) is 0 Å². The molecule has 0 radical (unpaired) electrons. The molecule has 1 fully saturated rings. The first-order chi connectivity index (χ1) is 7.93. The Hall–Kier alpha value is -0.0400. The van der Waals surface area contributed by atoms with Crippen LogP contribution in [0.25, 0.3) is 0 Å². The van der Waals surface area contributed by atoms with Gasteiger partial charge in [0.15, 0.2) is 0 Å². The van der Waals surface area contributed by atoms with Crippen LogP contribution < -0.4 is 6.15 Å². The Morgan fingerprint density at radius 2 is 1.24 bits per heavy atom. The molecule has 3 N–H and O–H groups in total. The molecule has 0 saturated heterocycles. The largest absolute Gasteiger partial charge is 0.344 e. The number of unbranched alkanes of at least 4 members (excludes halogenated alkanes) is 7. The van der Waals surface area contributed by atoms with Crippen molar-refractivity contribution in [3.63, 3.8) is 0 Å². The van der Waals surface area contributed by atoms with Crippen molar-refractivity contribution in [2.75, 3.05) is 0 Å². The lowest BCUT2D eigenvalue weighted by Gasteiger charge is -2.21. The van der Waals surface area contributed by atoms with E-state index in [-0.39, 0.29) is 6.15 Å². The monoisotopic (exact) mass is 241 g/mol. The van der Waals surface area contributed by atoms with Crippen molar-refractivity contribution >= 4 is 0 Å². The van der Waals surface area contributed by atoms with Crippen molar-refractivity contribution in [2.45, 2.75) is 96.8 Å². The van der Waals surface area contributed by atoms with E-state index in [1.165, 1.54) is 89.9 Å². The Kier molecular flexibility index (Phi) is 12.4. The summed E-state index contributed by atoms with van der Waals surface area (Å²) in [5, 5.41) is 0. The van der Waals surface area contributed by atoms with E-state index in [0.717, 1.165) is 5.92 Å². The van der Waals surface area contributed by atoms with E-state index in [0.29, 0.717) is 0 Å². The van der Waals surface area contributed by atoms with Crippen LogP contribution in [0.1, 0.15) is 96.8 Å². The van der Waals surface area contributed by atoms with Crippen LogP contribution in [0.2, 0.25) is 0 Å². The van der Waals surface area contributed by atoms with Crippen LogP contribution in [0.15, 0.2) is 0 Å². The molecule has 0 unspecified atom stereocenters. The Bertz CT molecular complexity index is 138. The lowest BCUT2D eigenvalue weighted by Crippen LogP contribution is -2.05. The molecule has 104 valence electrons. The van der Waals surface area contributed by atoms with Crippen LogP contribution in [0.3, 0.4) is 0 Å². The maximum Gasteiger partial charge on any atom is -0.0414 e. The first kappa shape index (κ1) is 17.0. The molecular formula is C16H35N. The zero-order chi connectivity index (χ0) is 11.5. The van der Waals surface area contributed by atoms with Crippen LogP contribution in [-0.2, 0) is 0 Å². The second kappa shape index (κ2) is 12.4. The molecule has 0 aromatic rings. The molecule has 0 heterocycles. The number of rotatable bonds is 9. The predicted molar refractivity (Wildman–Crippen MR) is 78.8 cm³/mol. The summed E-state index contributed by atoms with van der Waals surface area (Å²) >= 11 is 0. The van der Waals surface area contributed by atoms with Gasteiger partial charge in [-0.05, 0) is 5.92 Å². The van der Waals surface area contributed by atoms with E-state index in [9.17, 15) is 0 Å². The normalized spacial score (nSPS) is 16.8. The third kappa shape index (κ3) is 9.64. The van der Waals surface area contributed by atoms with Crippen LogP contribution >= 0.6 is 0 Å². The molecule has 0 amide bonds. The van der Waals surface area contributed by atoms with Crippen molar-refractivity contribution in [3.8, 4) is 0 Å². The van der Waals surface area contributed by atoms with Crippen LogP contribution in [0, 0.1) is 5.92 Å². The van der Waals surface area contributed by atoms with Gasteiger partial charge in [-0.2, -0.15) is 0 Å². The smallest absolute Gasteiger partial charge is 0.0414 e. The standard InChI is InChI=1S/C16H32.H3N/c1-2-3-4-5-6-7-8-10-13-16-14-11-9-12-15-16;/h16H,2-15H2,1H3;1H3. The summed E-state index contributed by atoms with van der Waals surface area (Å²) < 4.78 is 0. The summed E-state index contributed by atoms with van der Waals surface area (Å²) in [7, 11) is 0. The van der Waals surface area contributed by atoms with Gasteiger partial charge < -0.3 is 6.15 Å². The molecule has 0 atom stereocenters. The Balaban J connectivity index is 0.00000256. The van der Waals surface area contributed by atoms with Gasteiger partial charge in [-0.15, -0.1) is 0 Å². The van der Waals surface area contributed by atoms with Gasteiger partial charge in [0.2, 0.25) is 0 Å². The van der Waals surface area contributed by atoms with Crippen LogP contribution in [0.5, 0.6) is 0 Å². The molecule has 1 rings (SSSR count). The zero-order valence-corrected chi connectivity index (χ0v) is 12.2. The van der Waals surface area contributed by atoms with E-state index in [1.807, 2.05) is 0 Å². The van der Waals surface area contributed by atoms with Gasteiger partial charge in [0.05, 0.1) is 0 Å². The highest BCUT2D eigenvalue weighted by Crippen LogP contribution is 2.28. The van der Waals surface area contributed by atoms with Crippen molar-refractivity contribution in [3.05, 3.63) is 0 Å². The number of hydrogen-bond donors (Lipinski definition) is 1. The summed E-state index contributed by atoms with van der Waals surface area (Å²) in [6.07, 6.45) is 20.9. The Labute approximate surface area is 109 Å². The summed E-state index contributed by atoms with van der Waals surface area (Å²) in [6.45, 7) is 2.30. The van der Waals surface area contributed by atoms with E-state index in [2.05, 4.69) is 6.92 Å². The van der Waals surface area contributed by atoms with Crippen molar-refractivity contribution in [1.82, 2.24) is 6.15 Å². The summed E-state index contributed by atoms with van der Waals surface area (Å²) in [5.74, 6) is 1.11. The van der Waals surface area contributed by atoms with E-state index in [1.54, 1.807) is 0 Å². The second-order valence-electron chi connectivity index (χ2n) is 5.77. The van der Waals surface area contributed by atoms with E-state index >= 15 is 0 Å². The molecule has 1 heteroatoms. The molecule has 17 heavy (non-hydrogen) atoms. The third-order valence-corrected chi connectivity index (χ3v) is 4.19. The minimum Gasteiger partial charge on any atom is -0.344 e. The molecule has 0 aromatic heterocycles. The molecule has 0 aromatic carbocycles. The van der Waals surface area contributed by atoms with Crippen molar-refractivity contribution in [2.24, 2.45) is 5.92 Å². The average Bonchev–Trinajstić information content (AvgIpc) is 2.34. The molecule has 1 aliphatic rings. The maximum absolute atomic E-state index is 2.30. The minimum absolute atomic E-state index is 0. The molecule has 1 nitrogen and oxygen atoms in total. The fourth-order valence-electron chi connectivity index (χ4n) is 3.04. The maximum atomic E-state index is 2.30. The predicted octanol–water partition coefficient (Wildman–Crippen LogP) is 6.26. The van der Waals surface area contributed by atoms with Gasteiger partial charge in [-0.25, -0.2) is 0 Å². The third-order valence-electron chi connectivity index (χ3n) is 4.19. The number of hydrogen-bond acceptors (Lipinski definition) is 1. The highest BCUT2D eigenvalue weighted by molar-refractivity contribution is 4.65. The highest BCUT2D eigenvalue weighted by Gasteiger charge is 2.12. The highest BCUT2D eigenvalue weighted by atomic mass is 14.2. The van der Waals surface area contributed by atoms with Gasteiger partial charge in [0.25, 0.3) is 0 Å². The van der Waals surface area contributed by atoms with Gasteiger partial charge in [0, 0.05) is 0 Å². The fourth-order valence-corrected chi connectivity index (χ4v) is 3.04. The topological polar surface area (TPSA) is 35.0 Å². The zero-order valence-electron chi connectivity index (χ0n) is 12.2. The van der Waals surface area contributed by atoms with Gasteiger partial charge >= 0.3 is 0 Å². The van der Waals surface area contributed by atoms with Crippen LogP contribution in [-0.4, -0.2) is 0 Å². The van der Waals surface area contributed by atoms with E-state index < -0.39 is 0 Å². The van der Waals surface area contributed by atoms with E-state index in [4.69, 9.17) is 0 Å². The van der Waals surface area contributed by atoms with Gasteiger partial charge in [-0.1, -0.05) is 96.8 Å². The quantitative estimate of drug-likeness (QED) is 0.475. The summed E-state index contributed by atoms with van der Waals surface area (Å²) in [5.41, 5.74) is 0. The minimum atomic E-state index is 0.